The van der Waals surface area contributed by atoms with E-state index in [0.29, 0.717) is 24.9 Å². The largest absolute Gasteiger partial charge is 0.465 e. The molecule has 0 bridgehead atoms. The van der Waals surface area contributed by atoms with Crippen molar-refractivity contribution < 1.29 is 9.53 Å². The fraction of sp³-hybridized carbons (Fsp3) is 0.609. The Morgan fingerprint density at radius 3 is 2.50 bits per heavy atom. The molecule has 1 aromatic carbocycles. The highest BCUT2D eigenvalue weighted by Crippen LogP contribution is 2.52. The van der Waals surface area contributed by atoms with Gasteiger partial charge in [-0.1, -0.05) is 50.3 Å². The summed E-state index contributed by atoms with van der Waals surface area (Å²) in [5.74, 6) is 0.926. The van der Waals surface area contributed by atoms with Crippen molar-refractivity contribution in [2.75, 3.05) is 19.7 Å². The van der Waals surface area contributed by atoms with E-state index in [9.17, 15) is 4.79 Å². The van der Waals surface area contributed by atoms with Crippen LogP contribution < -0.4 is 0 Å². The molecule has 1 saturated heterocycles. The van der Waals surface area contributed by atoms with E-state index in [1.807, 2.05) is 0 Å². The van der Waals surface area contributed by atoms with Gasteiger partial charge in [0.25, 0.3) is 0 Å². The first-order valence-electron chi connectivity index (χ1n) is 10.1. The lowest BCUT2D eigenvalue weighted by atomic mass is 9.61. The molecule has 0 radical (unpaired) electrons. The topological polar surface area (TPSA) is 29.5 Å². The molecule has 3 atom stereocenters. The molecule has 1 spiro atoms. The van der Waals surface area contributed by atoms with Crippen LogP contribution in [0.15, 0.2) is 36.4 Å². The molecule has 0 unspecified atom stereocenters. The molecule has 0 aromatic heterocycles. The summed E-state index contributed by atoms with van der Waals surface area (Å²) in [5.41, 5.74) is 4.07. The lowest BCUT2D eigenvalue weighted by Crippen LogP contribution is -2.33. The van der Waals surface area contributed by atoms with E-state index in [1.54, 1.807) is 0 Å². The molecular weight excluding hydrogens is 322 g/mol. The highest BCUT2D eigenvalue weighted by atomic mass is 16.5. The highest BCUT2D eigenvalue weighted by molar-refractivity contribution is 5.72. The normalized spacial score (nSPS) is 28.5. The first-order valence-corrected chi connectivity index (χ1v) is 10.1. The Morgan fingerprint density at radius 1 is 1.27 bits per heavy atom. The minimum Gasteiger partial charge on any atom is -0.465 e. The van der Waals surface area contributed by atoms with Gasteiger partial charge in [-0.3, -0.25) is 9.69 Å². The third kappa shape index (κ3) is 4.03. The Morgan fingerprint density at radius 2 is 1.96 bits per heavy atom. The van der Waals surface area contributed by atoms with Crippen molar-refractivity contribution in [2.45, 2.75) is 58.9 Å². The fourth-order valence-corrected chi connectivity index (χ4v) is 4.82. The van der Waals surface area contributed by atoms with E-state index in [-0.39, 0.29) is 11.4 Å². The van der Waals surface area contributed by atoms with Crippen LogP contribution in [0.2, 0.25) is 0 Å². The number of allylic oxidation sites excluding steroid dienone is 1. The van der Waals surface area contributed by atoms with E-state index in [1.165, 1.54) is 16.7 Å². The molecule has 1 heterocycles. The van der Waals surface area contributed by atoms with Crippen molar-refractivity contribution in [1.29, 1.82) is 0 Å². The fourth-order valence-electron chi connectivity index (χ4n) is 4.82. The standard InChI is InChI=1S/C23H33NO2/c1-5-24(6-2)15-18-7-9-19(10-8-18)21-13-23(14-22(25)26-16-23)12-11-20(21)17(3)4/h7-10,20-21H,3,5-6,11-16H2,1-2,4H3/t20-,21-,23-/m0/s1. The van der Waals surface area contributed by atoms with Gasteiger partial charge in [-0.15, -0.1) is 0 Å². The van der Waals surface area contributed by atoms with Crippen LogP contribution in [0.5, 0.6) is 0 Å². The lowest BCUT2D eigenvalue weighted by Gasteiger charge is -2.42. The molecule has 1 aliphatic heterocycles. The maximum Gasteiger partial charge on any atom is 0.306 e. The first kappa shape index (κ1) is 19.2. The van der Waals surface area contributed by atoms with Crippen molar-refractivity contribution in [3.63, 3.8) is 0 Å². The zero-order chi connectivity index (χ0) is 18.7. The molecule has 0 amide bonds. The maximum atomic E-state index is 11.7. The van der Waals surface area contributed by atoms with Gasteiger partial charge >= 0.3 is 5.97 Å². The van der Waals surface area contributed by atoms with Gasteiger partial charge in [0, 0.05) is 12.0 Å². The molecule has 1 saturated carbocycles. The summed E-state index contributed by atoms with van der Waals surface area (Å²) < 4.78 is 5.35. The number of carbonyl (C=O) groups excluding carboxylic acids is 1. The van der Waals surface area contributed by atoms with Gasteiger partial charge in [0.1, 0.15) is 0 Å². The number of hydrogen-bond donors (Lipinski definition) is 0. The van der Waals surface area contributed by atoms with Crippen LogP contribution in [0.4, 0.5) is 0 Å². The molecule has 3 heteroatoms. The van der Waals surface area contributed by atoms with Crippen LogP contribution in [-0.4, -0.2) is 30.6 Å². The molecule has 1 aliphatic carbocycles. The second kappa shape index (κ2) is 7.96. The number of nitrogens with zero attached hydrogens (tertiary/aromatic N) is 1. The molecule has 3 rings (SSSR count). The van der Waals surface area contributed by atoms with Gasteiger partial charge in [-0.2, -0.15) is 0 Å². The van der Waals surface area contributed by atoms with E-state index in [2.05, 4.69) is 56.5 Å². The van der Waals surface area contributed by atoms with E-state index in [4.69, 9.17) is 4.74 Å². The average Bonchev–Trinajstić information content (AvgIpc) is 3.00. The summed E-state index contributed by atoms with van der Waals surface area (Å²) >= 11 is 0. The van der Waals surface area contributed by atoms with E-state index >= 15 is 0 Å². The van der Waals surface area contributed by atoms with Crippen LogP contribution in [0.25, 0.3) is 0 Å². The Hall–Kier alpha value is -1.61. The molecule has 26 heavy (non-hydrogen) atoms. The number of esters is 1. The summed E-state index contributed by atoms with van der Waals surface area (Å²) in [6.07, 6.45) is 3.81. The molecule has 2 aliphatic rings. The Labute approximate surface area is 158 Å². The Balaban J connectivity index is 1.79. The molecule has 2 fully saturated rings. The zero-order valence-corrected chi connectivity index (χ0v) is 16.6. The van der Waals surface area contributed by atoms with Crippen molar-refractivity contribution in [3.8, 4) is 0 Å². The molecule has 0 N–H and O–H groups in total. The van der Waals surface area contributed by atoms with Crippen LogP contribution in [0.3, 0.4) is 0 Å². The monoisotopic (exact) mass is 355 g/mol. The SMILES string of the molecule is C=C(C)[C@@H]1CC[C@]2(COC(=O)C2)C[C@H]1c1ccc(CN(CC)CC)cc1. The number of hydrogen-bond acceptors (Lipinski definition) is 3. The number of benzene rings is 1. The number of carbonyl (C=O) groups is 1. The molecule has 142 valence electrons. The third-order valence-electron chi connectivity index (χ3n) is 6.52. The summed E-state index contributed by atoms with van der Waals surface area (Å²) in [6, 6.07) is 9.16. The maximum absolute atomic E-state index is 11.7. The van der Waals surface area contributed by atoms with Crippen LogP contribution in [-0.2, 0) is 16.1 Å². The quantitative estimate of drug-likeness (QED) is 0.536. The summed E-state index contributed by atoms with van der Waals surface area (Å²) in [6.45, 7) is 14.6. The smallest absolute Gasteiger partial charge is 0.306 e. The van der Waals surface area contributed by atoms with E-state index < -0.39 is 0 Å². The van der Waals surface area contributed by atoms with Crippen molar-refractivity contribution in [1.82, 2.24) is 4.90 Å². The second-order valence-corrected chi connectivity index (χ2v) is 8.34. The number of cyclic esters (lactones) is 1. The van der Waals surface area contributed by atoms with Crippen LogP contribution >= 0.6 is 0 Å². The van der Waals surface area contributed by atoms with Crippen LogP contribution in [0, 0.1) is 11.3 Å². The highest BCUT2D eigenvalue weighted by Gasteiger charge is 2.47. The van der Waals surface area contributed by atoms with E-state index in [0.717, 1.165) is 38.9 Å². The number of ether oxygens (including phenoxy) is 1. The predicted octanol–water partition coefficient (Wildman–Crippen LogP) is 4.92. The third-order valence-corrected chi connectivity index (χ3v) is 6.52. The molecule has 3 nitrogen and oxygen atoms in total. The van der Waals surface area contributed by atoms with Crippen LogP contribution in [0.1, 0.15) is 63.5 Å². The molecular formula is C23H33NO2. The first-order chi connectivity index (χ1) is 12.5. The minimum absolute atomic E-state index is 0.0212. The summed E-state index contributed by atoms with van der Waals surface area (Å²) in [4.78, 5) is 14.2. The predicted molar refractivity (Wildman–Crippen MR) is 106 cm³/mol. The van der Waals surface area contributed by atoms with Gasteiger partial charge in [-0.25, -0.2) is 0 Å². The Kier molecular flexibility index (Phi) is 5.86. The van der Waals surface area contributed by atoms with Crippen molar-refractivity contribution in [3.05, 3.63) is 47.5 Å². The van der Waals surface area contributed by atoms with Crippen molar-refractivity contribution >= 4 is 5.97 Å². The Bertz CT molecular complexity index is 647. The number of rotatable bonds is 6. The summed E-state index contributed by atoms with van der Waals surface area (Å²) in [5, 5.41) is 0. The second-order valence-electron chi connectivity index (χ2n) is 8.34. The van der Waals surface area contributed by atoms with Gasteiger partial charge in [0.2, 0.25) is 0 Å². The van der Waals surface area contributed by atoms with Crippen molar-refractivity contribution in [2.24, 2.45) is 11.3 Å². The van der Waals surface area contributed by atoms with Gasteiger partial charge < -0.3 is 4.74 Å². The van der Waals surface area contributed by atoms with Gasteiger partial charge in [0.05, 0.1) is 13.0 Å². The molecule has 1 aromatic rings. The minimum atomic E-state index is -0.0212. The average molecular weight is 356 g/mol. The summed E-state index contributed by atoms with van der Waals surface area (Å²) in [7, 11) is 0. The van der Waals surface area contributed by atoms with Gasteiger partial charge in [-0.05, 0) is 62.2 Å². The van der Waals surface area contributed by atoms with Gasteiger partial charge in [0.15, 0.2) is 0 Å². The lowest BCUT2D eigenvalue weighted by molar-refractivity contribution is -0.137. The zero-order valence-electron chi connectivity index (χ0n) is 16.6.